The lowest BCUT2D eigenvalue weighted by molar-refractivity contribution is -0.158. The van der Waals surface area contributed by atoms with Gasteiger partial charge in [0.15, 0.2) is 11.4 Å². The predicted octanol–water partition coefficient (Wildman–Crippen LogP) is 3.07. The Bertz CT molecular complexity index is 1020. The lowest BCUT2D eigenvalue weighted by Crippen LogP contribution is -2.46. The van der Waals surface area contributed by atoms with E-state index in [2.05, 4.69) is 20.6 Å². The van der Waals surface area contributed by atoms with Crippen molar-refractivity contribution in [1.82, 2.24) is 25.1 Å². The molecule has 0 aliphatic heterocycles. The van der Waals surface area contributed by atoms with Crippen LogP contribution in [0, 0.1) is 19.8 Å². The largest absolute Gasteiger partial charge is 0.408 e. The van der Waals surface area contributed by atoms with Crippen LogP contribution in [-0.2, 0) is 0 Å². The topological polar surface area (TPSA) is 85.3 Å². The van der Waals surface area contributed by atoms with Gasteiger partial charge < -0.3 is 9.84 Å². The zero-order chi connectivity index (χ0) is 19.3. The molecule has 142 valence electrons. The van der Waals surface area contributed by atoms with E-state index in [0.29, 0.717) is 35.7 Å². The number of amides is 1. The van der Waals surface area contributed by atoms with Gasteiger partial charge in [0.25, 0.3) is 5.91 Å². The Morgan fingerprint density at radius 3 is 2.67 bits per heavy atom. The highest BCUT2D eigenvalue weighted by Crippen LogP contribution is 2.40. The van der Waals surface area contributed by atoms with Crippen molar-refractivity contribution in [1.29, 1.82) is 0 Å². The third-order valence-corrected chi connectivity index (χ3v) is 4.51. The second-order valence-corrected chi connectivity index (χ2v) is 6.74. The van der Waals surface area contributed by atoms with Crippen molar-refractivity contribution in [2.24, 2.45) is 5.92 Å². The van der Waals surface area contributed by atoms with Gasteiger partial charge in [-0.15, -0.1) is 0 Å². The molecule has 1 amide bonds. The Labute approximate surface area is 151 Å². The number of nitrogens with zero attached hydrogens (tertiary/aromatic N) is 4. The summed E-state index contributed by atoms with van der Waals surface area (Å²) in [5.74, 6) is -1.02. The number of hydrogen-bond donors (Lipinski definition) is 1. The molecule has 7 nitrogen and oxygen atoms in total. The van der Waals surface area contributed by atoms with Gasteiger partial charge in [0.1, 0.15) is 17.3 Å². The minimum absolute atomic E-state index is 0.0221. The lowest BCUT2D eigenvalue weighted by atomic mass is 10.1. The Hall–Kier alpha value is -2.91. The molecule has 1 N–H and O–H groups in total. The number of halogens is 3. The summed E-state index contributed by atoms with van der Waals surface area (Å²) in [5, 5.41) is 9.98. The maximum absolute atomic E-state index is 13.2. The van der Waals surface area contributed by atoms with Crippen LogP contribution in [0.15, 0.2) is 22.9 Å². The Morgan fingerprint density at radius 2 is 2.07 bits per heavy atom. The van der Waals surface area contributed by atoms with Crippen LogP contribution in [-0.4, -0.2) is 37.9 Å². The van der Waals surface area contributed by atoms with Crippen LogP contribution < -0.4 is 5.32 Å². The maximum Gasteiger partial charge on any atom is 0.408 e. The average Bonchev–Trinajstić information content (AvgIpc) is 3.17. The first kappa shape index (κ1) is 17.5. The Kier molecular flexibility index (Phi) is 3.93. The molecule has 27 heavy (non-hydrogen) atoms. The first-order valence-electron chi connectivity index (χ1n) is 8.40. The highest BCUT2D eigenvalue weighted by Gasteiger charge is 2.49. The van der Waals surface area contributed by atoms with Crippen LogP contribution in [0.25, 0.3) is 17.1 Å². The van der Waals surface area contributed by atoms with Gasteiger partial charge >= 0.3 is 6.18 Å². The van der Waals surface area contributed by atoms with Gasteiger partial charge in [0, 0.05) is 11.8 Å². The van der Waals surface area contributed by atoms with Gasteiger partial charge in [-0.3, -0.25) is 4.79 Å². The molecular weight excluding hydrogens is 363 g/mol. The summed E-state index contributed by atoms with van der Waals surface area (Å²) in [6.07, 6.45) is -2.37. The van der Waals surface area contributed by atoms with E-state index in [9.17, 15) is 18.0 Å². The lowest BCUT2D eigenvalue weighted by Gasteiger charge is -2.20. The van der Waals surface area contributed by atoms with E-state index < -0.39 is 24.0 Å². The Balaban J connectivity index is 1.71. The van der Waals surface area contributed by atoms with Crippen LogP contribution >= 0.6 is 0 Å². The molecular formula is C17H16F3N5O2. The van der Waals surface area contributed by atoms with Crippen molar-refractivity contribution < 1.29 is 22.5 Å². The van der Waals surface area contributed by atoms with E-state index >= 15 is 0 Å². The molecule has 1 aliphatic carbocycles. The second-order valence-electron chi connectivity index (χ2n) is 6.74. The summed E-state index contributed by atoms with van der Waals surface area (Å²) in [7, 11) is 0. The molecule has 3 aromatic heterocycles. The molecule has 1 fully saturated rings. The Morgan fingerprint density at radius 1 is 1.33 bits per heavy atom. The number of rotatable bonds is 4. The molecule has 4 rings (SSSR count). The van der Waals surface area contributed by atoms with Crippen LogP contribution in [0.1, 0.15) is 34.6 Å². The van der Waals surface area contributed by atoms with E-state index in [1.54, 1.807) is 26.0 Å². The van der Waals surface area contributed by atoms with Crippen molar-refractivity contribution in [3.8, 4) is 11.5 Å². The summed E-state index contributed by atoms with van der Waals surface area (Å²) in [4.78, 5) is 16.9. The van der Waals surface area contributed by atoms with Crippen LogP contribution in [0.4, 0.5) is 13.2 Å². The fraction of sp³-hybridized carbons (Fsp3) is 0.412. The highest BCUT2D eigenvalue weighted by molar-refractivity contribution is 6.00. The summed E-state index contributed by atoms with van der Waals surface area (Å²) < 4.78 is 46.2. The third kappa shape index (κ3) is 3.26. The van der Waals surface area contributed by atoms with E-state index in [0.717, 1.165) is 0 Å². The summed E-state index contributed by atoms with van der Waals surface area (Å²) in [6.45, 7) is 3.50. The third-order valence-electron chi connectivity index (χ3n) is 4.51. The van der Waals surface area contributed by atoms with Gasteiger partial charge in [-0.05, 0) is 38.7 Å². The number of carbonyl (C=O) groups excluding carboxylic acids is 1. The number of fused-ring (bicyclic) bond motifs is 1. The molecule has 1 atom stereocenters. The number of carbonyl (C=O) groups is 1. The second kappa shape index (κ2) is 6.07. The molecule has 0 unspecified atom stereocenters. The number of aromatic nitrogens is 4. The highest BCUT2D eigenvalue weighted by atomic mass is 19.4. The van der Waals surface area contributed by atoms with E-state index in [4.69, 9.17) is 4.52 Å². The number of hydrogen-bond acceptors (Lipinski definition) is 5. The number of alkyl halides is 3. The quantitative estimate of drug-likeness (QED) is 0.753. The predicted molar refractivity (Wildman–Crippen MR) is 88.0 cm³/mol. The molecule has 0 saturated heterocycles. The first-order valence-corrected chi connectivity index (χ1v) is 8.40. The van der Waals surface area contributed by atoms with Crippen LogP contribution in [0.5, 0.6) is 0 Å². The van der Waals surface area contributed by atoms with Crippen molar-refractivity contribution in [3.05, 3.63) is 35.3 Å². The van der Waals surface area contributed by atoms with Crippen LogP contribution in [0.2, 0.25) is 0 Å². The number of nitrogens with one attached hydrogen (secondary N) is 1. The molecule has 1 saturated carbocycles. The standard InChI is InChI=1S/C17H16F3N5O2/c1-8-5-13(27-24-8)12-6-9(2)25-15(22-12)11(7-21-25)16(26)23-14(10-3-4-10)17(18,19)20/h5-7,10,14H,3-4H2,1-2H3,(H,23,26)/t14-/m1/s1. The molecule has 3 aromatic rings. The van der Waals surface area contributed by atoms with Gasteiger partial charge in [-0.1, -0.05) is 5.16 Å². The van der Waals surface area contributed by atoms with Crippen LogP contribution in [0.3, 0.4) is 0 Å². The maximum atomic E-state index is 13.2. The van der Waals surface area contributed by atoms with Crippen molar-refractivity contribution in [3.63, 3.8) is 0 Å². The zero-order valence-electron chi connectivity index (χ0n) is 14.5. The average molecular weight is 379 g/mol. The molecule has 0 radical (unpaired) electrons. The zero-order valence-corrected chi connectivity index (χ0v) is 14.5. The minimum Gasteiger partial charge on any atom is -0.354 e. The van der Waals surface area contributed by atoms with Gasteiger partial charge in [-0.25, -0.2) is 9.50 Å². The van der Waals surface area contributed by atoms with Gasteiger partial charge in [-0.2, -0.15) is 18.3 Å². The first-order chi connectivity index (χ1) is 12.7. The normalized spacial score (nSPS) is 15.9. The molecule has 0 aromatic carbocycles. The van der Waals surface area contributed by atoms with E-state index in [1.807, 2.05) is 0 Å². The molecule has 1 aliphatic rings. The summed E-state index contributed by atoms with van der Waals surface area (Å²) in [6, 6.07) is 1.52. The van der Waals surface area contributed by atoms with Gasteiger partial charge in [0.05, 0.1) is 11.9 Å². The van der Waals surface area contributed by atoms with Gasteiger partial charge in [0.2, 0.25) is 0 Å². The van der Waals surface area contributed by atoms with Crippen molar-refractivity contribution in [2.75, 3.05) is 0 Å². The smallest absolute Gasteiger partial charge is 0.354 e. The monoisotopic (exact) mass is 379 g/mol. The van der Waals surface area contributed by atoms with Crippen molar-refractivity contribution >= 4 is 11.6 Å². The SMILES string of the molecule is Cc1cc(-c2cc(C)n3ncc(C(=O)N[C@H](C4CC4)C(F)(F)F)c3n2)on1. The van der Waals surface area contributed by atoms with E-state index in [-0.39, 0.29) is 11.2 Å². The molecule has 3 heterocycles. The minimum atomic E-state index is -4.49. The van der Waals surface area contributed by atoms with Crippen molar-refractivity contribution in [2.45, 2.75) is 38.9 Å². The fourth-order valence-electron chi connectivity index (χ4n) is 3.00. The molecule has 0 bridgehead atoms. The summed E-state index contributed by atoms with van der Waals surface area (Å²) in [5.41, 5.74) is 1.87. The molecule has 0 spiro atoms. The number of aryl methyl sites for hydroxylation is 2. The fourth-order valence-corrected chi connectivity index (χ4v) is 3.00. The summed E-state index contributed by atoms with van der Waals surface area (Å²) >= 11 is 0. The van der Waals surface area contributed by atoms with E-state index in [1.165, 1.54) is 10.7 Å². The molecule has 10 heteroatoms.